The van der Waals surface area contributed by atoms with E-state index in [-0.39, 0.29) is 0 Å². The molecule has 4 heteroatoms. The Morgan fingerprint density at radius 1 is 1.45 bits per heavy atom. The quantitative estimate of drug-likeness (QED) is 0.597. The molecule has 1 aromatic rings. The highest BCUT2D eigenvalue weighted by molar-refractivity contribution is 5.61. The van der Waals surface area contributed by atoms with E-state index < -0.39 is 0 Å². The van der Waals surface area contributed by atoms with E-state index in [9.17, 15) is 0 Å². The van der Waals surface area contributed by atoms with Crippen molar-refractivity contribution in [2.45, 2.75) is 0 Å². The Balaban J connectivity index is 2.37. The molecule has 1 aliphatic heterocycles. The van der Waals surface area contributed by atoms with Gasteiger partial charge >= 0.3 is 5.70 Å². The van der Waals surface area contributed by atoms with Gasteiger partial charge in [0.25, 0.3) is 10.4 Å². The third-order valence-electron chi connectivity index (χ3n) is 1.32. The molecular formula is C7H5N3O+. The van der Waals surface area contributed by atoms with Gasteiger partial charge in [-0.2, -0.15) is 0 Å². The second-order valence-electron chi connectivity index (χ2n) is 2.03. The number of pyridine rings is 1. The molecule has 53 valence electrons. The van der Waals surface area contributed by atoms with Crippen LogP contribution in [0.2, 0.25) is 0 Å². The molecule has 2 rings (SSSR count). The zero-order valence-electron chi connectivity index (χ0n) is 5.64. The topological polar surface area (TPSA) is 48.6 Å². The van der Waals surface area contributed by atoms with Crippen LogP contribution in [0.15, 0.2) is 36.1 Å². The minimum absolute atomic E-state index is 0.707. The number of hydrogen-bond donors (Lipinski definition) is 0. The normalized spacial score (nSPS) is 14.4. The summed E-state index contributed by atoms with van der Waals surface area (Å²) < 4.78 is 0. The fourth-order valence-corrected chi connectivity index (χ4v) is 0.805. The van der Waals surface area contributed by atoms with Gasteiger partial charge in [0.05, 0.1) is 5.56 Å². The van der Waals surface area contributed by atoms with Gasteiger partial charge < -0.3 is 4.84 Å². The van der Waals surface area contributed by atoms with Gasteiger partial charge in [-0.15, -0.1) is 0 Å². The summed E-state index contributed by atoms with van der Waals surface area (Å²) in [6.07, 6.45) is 4.90. The van der Waals surface area contributed by atoms with Gasteiger partial charge in [0, 0.05) is 12.4 Å². The summed E-state index contributed by atoms with van der Waals surface area (Å²) in [6, 6.07) is 3.73. The summed E-state index contributed by atoms with van der Waals surface area (Å²) in [5.74, 6) is 0. The summed E-state index contributed by atoms with van der Waals surface area (Å²) in [5.41, 5.74) is 1.62. The highest BCUT2D eigenvalue weighted by atomic mass is 16.6. The summed E-state index contributed by atoms with van der Waals surface area (Å²) in [5, 5.41) is 7.08. The summed E-state index contributed by atoms with van der Waals surface area (Å²) in [4.78, 5) is 8.51. The Morgan fingerprint density at radius 3 is 3.09 bits per heavy atom. The first kappa shape index (κ1) is 6.03. The van der Waals surface area contributed by atoms with Gasteiger partial charge in [0.1, 0.15) is 0 Å². The maximum absolute atomic E-state index is 4.58. The van der Waals surface area contributed by atoms with Gasteiger partial charge in [-0.3, -0.25) is 4.98 Å². The van der Waals surface area contributed by atoms with Crippen LogP contribution in [0, 0.1) is 0 Å². The Hall–Kier alpha value is -1.71. The van der Waals surface area contributed by atoms with Crippen LogP contribution in [0.4, 0.5) is 0 Å². The number of rotatable bonds is 1. The Kier molecular flexibility index (Phi) is 1.37. The van der Waals surface area contributed by atoms with Crippen LogP contribution in [0.25, 0.3) is 5.70 Å². The summed E-state index contributed by atoms with van der Waals surface area (Å²) in [7, 11) is 0. The summed E-state index contributed by atoms with van der Waals surface area (Å²) >= 11 is 0. The van der Waals surface area contributed by atoms with Crippen LogP contribution in [-0.2, 0) is 4.84 Å². The second kappa shape index (κ2) is 2.49. The Morgan fingerprint density at radius 2 is 2.45 bits per heavy atom. The minimum Gasteiger partial charge on any atom is -0.303 e. The van der Waals surface area contributed by atoms with Crippen molar-refractivity contribution in [2.75, 3.05) is 0 Å². The van der Waals surface area contributed by atoms with Gasteiger partial charge in [-0.1, -0.05) is 0 Å². The predicted octanol–water partition coefficient (Wildman–Crippen LogP) is 1.11. The standard InChI is InChI=1S/C7H5N3O/c1-2-6(4-8-3-1)7-5-11-10-9-7/h1-5H/q+1. The average Bonchev–Trinajstić information content (AvgIpc) is 2.58. The molecule has 4 nitrogen and oxygen atoms in total. The van der Waals surface area contributed by atoms with Crippen molar-refractivity contribution in [3.05, 3.63) is 36.4 Å². The van der Waals surface area contributed by atoms with Crippen molar-refractivity contribution in [3.63, 3.8) is 0 Å². The van der Waals surface area contributed by atoms with Crippen LogP contribution in [0.5, 0.6) is 0 Å². The molecule has 1 aliphatic rings. The molecule has 0 spiro atoms. The number of nitrogens with zero attached hydrogens (tertiary/aromatic N) is 3. The van der Waals surface area contributed by atoms with Gasteiger partial charge in [0.15, 0.2) is 0 Å². The molecule has 0 aromatic carbocycles. The largest absolute Gasteiger partial charge is 0.362 e. The Bertz CT molecular complexity index is 305. The molecule has 0 bridgehead atoms. The van der Waals surface area contributed by atoms with Crippen LogP contribution in [-0.4, -0.2) is 4.98 Å². The third kappa shape index (κ3) is 1.10. The second-order valence-corrected chi connectivity index (χ2v) is 2.03. The molecule has 0 N–H and O–H groups in total. The fourth-order valence-electron chi connectivity index (χ4n) is 0.805. The van der Waals surface area contributed by atoms with Gasteiger partial charge in [0.2, 0.25) is 6.26 Å². The van der Waals surface area contributed by atoms with Gasteiger partial charge in [-0.25, -0.2) is 0 Å². The van der Waals surface area contributed by atoms with Crippen molar-refractivity contribution in [1.82, 2.24) is 10.1 Å². The number of aromatic nitrogens is 1. The molecule has 0 saturated heterocycles. The lowest BCUT2D eigenvalue weighted by Crippen LogP contribution is -1.85. The van der Waals surface area contributed by atoms with Crippen molar-refractivity contribution in [1.29, 1.82) is 0 Å². The van der Waals surface area contributed by atoms with E-state index in [0.717, 1.165) is 5.56 Å². The van der Waals surface area contributed by atoms with Crippen molar-refractivity contribution < 1.29 is 4.84 Å². The molecule has 0 saturated carbocycles. The van der Waals surface area contributed by atoms with Gasteiger partial charge in [-0.05, 0) is 12.1 Å². The van der Waals surface area contributed by atoms with E-state index in [1.54, 1.807) is 12.4 Å². The molecular weight excluding hydrogens is 142 g/mol. The van der Waals surface area contributed by atoms with E-state index in [0.29, 0.717) is 5.70 Å². The van der Waals surface area contributed by atoms with Crippen LogP contribution in [0.1, 0.15) is 5.56 Å². The molecule has 1 radical (unpaired) electrons. The molecule has 0 fully saturated rings. The molecule has 0 atom stereocenters. The lowest BCUT2D eigenvalue weighted by atomic mass is 10.2. The molecule has 0 amide bonds. The van der Waals surface area contributed by atoms with Crippen LogP contribution in [0.3, 0.4) is 0 Å². The maximum atomic E-state index is 4.58. The molecule has 1 aromatic heterocycles. The average molecular weight is 147 g/mol. The molecule has 0 aliphatic carbocycles. The first-order valence-electron chi connectivity index (χ1n) is 3.14. The van der Waals surface area contributed by atoms with Crippen molar-refractivity contribution in [2.24, 2.45) is 5.28 Å². The third-order valence-corrected chi connectivity index (χ3v) is 1.32. The van der Waals surface area contributed by atoms with E-state index in [1.807, 2.05) is 12.1 Å². The lowest BCUT2D eigenvalue weighted by molar-refractivity contribution is 0.254. The maximum Gasteiger partial charge on any atom is 0.362 e. The number of hydrogen-bond acceptors (Lipinski definition) is 4. The molecule has 2 heterocycles. The van der Waals surface area contributed by atoms with E-state index in [1.165, 1.54) is 6.26 Å². The first-order chi connectivity index (χ1) is 5.47. The van der Waals surface area contributed by atoms with Crippen molar-refractivity contribution >= 4 is 5.70 Å². The lowest BCUT2D eigenvalue weighted by Gasteiger charge is -1.83. The smallest absolute Gasteiger partial charge is 0.303 e. The van der Waals surface area contributed by atoms with Crippen LogP contribution >= 0.6 is 0 Å². The van der Waals surface area contributed by atoms with E-state index >= 15 is 0 Å². The Labute approximate surface area is 63.2 Å². The van der Waals surface area contributed by atoms with Crippen molar-refractivity contribution in [3.8, 4) is 0 Å². The molecule has 11 heavy (non-hydrogen) atoms. The minimum atomic E-state index is 0.707. The zero-order chi connectivity index (χ0) is 7.52. The predicted molar refractivity (Wildman–Crippen MR) is 37.9 cm³/mol. The van der Waals surface area contributed by atoms with E-state index in [4.69, 9.17) is 0 Å². The zero-order valence-corrected chi connectivity index (χ0v) is 5.64. The monoisotopic (exact) mass is 147 g/mol. The van der Waals surface area contributed by atoms with E-state index in [2.05, 4.69) is 20.2 Å². The fraction of sp³-hybridized carbons (Fsp3) is 0. The van der Waals surface area contributed by atoms with Crippen LogP contribution < -0.4 is 5.11 Å². The highest BCUT2D eigenvalue weighted by Crippen LogP contribution is 2.12. The first-order valence-corrected chi connectivity index (χ1v) is 3.14. The SMILES string of the molecule is C1=C(c2cccnc2)[N+]=NO1. The summed E-state index contributed by atoms with van der Waals surface area (Å²) in [6.45, 7) is 0. The highest BCUT2D eigenvalue weighted by Gasteiger charge is 2.19. The molecule has 0 unspecified atom stereocenters.